The summed E-state index contributed by atoms with van der Waals surface area (Å²) in [6, 6.07) is 13.6. The van der Waals surface area contributed by atoms with Crippen molar-refractivity contribution in [3.05, 3.63) is 87.8 Å². The highest BCUT2D eigenvalue weighted by molar-refractivity contribution is 6.35. The minimum Gasteiger partial charge on any atom is -0.481 e. The Balaban J connectivity index is 1.04. The number of nitrogens with zero attached hydrogens (tertiary/aromatic N) is 4. The lowest BCUT2D eigenvalue weighted by molar-refractivity contribution is -0.120. The first-order chi connectivity index (χ1) is 24.7. The predicted octanol–water partition coefficient (Wildman–Crippen LogP) is 4.43. The van der Waals surface area contributed by atoms with Crippen LogP contribution in [-0.4, -0.2) is 76.4 Å². The second kappa shape index (κ2) is 15.1. The molecule has 4 N–H and O–H groups in total. The van der Waals surface area contributed by atoms with Crippen LogP contribution in [0.3, 0.4) is 0 Å². The molecule has 0 unspecified atom stereocenters. The number of hydrogen-bond acceptors (Lipinski definition) is 9. The maximum atomic E-state index is 13.5. The van der Waals surface area contributed by atoms with Gasteiger partial charge in [0.25, 0.3) is 5.91 Å². The normalized spacial score (nSPS) is 18.6. The summed E-state index contributed by atoms with van der Waals surface area (Å²) in [6.45, 7) is 5.57. The largest absolute Gasteiger partial charge is 0.481 e. The minimum atomic E-state index is -0.291. The van der Waals surface area contributed by atoms with Gasteiger partial charge in [-0.3, -0.25) is 29.3 Å². The number of carbonyl (C=O) groups is 3. The SMILES string of the molecule is COc1nc(-c2ccnc(-c3cccc(NC(=O)c4cc5c(cn4)CN(C[C@@H]4CCC(=O)N4)CC5)c3C)c2Cl)ccc1CNC[C@@H]1CCC(=O)N1. The molecule has 7 rings (SSSR count). The summed E-state index contributed by atoms with van der Waals surface area (Å²) in [5.41, 5.74) is 7.62. The fourth-order valence-corrected chi connectivity index (χ4v) is 7.40. The van der Waals surface area contributed by atoms with Gasteiger partial charge in [-0.05, 0) is 67.1 Å². The molecule has 51 heavy (non-hydrogen) atoms. The molecule has 2 atom stereocenters. The molecule has 0 bridgehead atoms. The molecule has 4 aromatic rings. The van der Waals surface area contributed by atoms with E-state index in [9.17, 15) is 14.4 Å². The van der Waals surface area contributed by atoms with Crippen LogP contribution in [0.1, 0.15) is 58.4 Å². The molecule has 2 fully saturated rings. The van der Waals surface area contributed by atoms with E-state index in [1.807, 2.05) is 49.4 Å². The topological polar surface area (TPSA) is 150 Å². The van der Waals surface area contributed by atoms with Gasteiger partial charge in [-0.25, -0.2) is 4.98 Å². The molecule has 3 aliphatic rings. The molecule has 0 saturated carbocycles. The standard InChI is InChI=1S/C38H41ClN8O4/c1-22-28(36-35(39)29(12-14-41-36)31-9-6-24(38(46-31)51-2)17-40-19-26-7-10-33(48)43-26)4-3-5-30(22)45-37(50)32-16-23-13-15-47(20-25(23)18-42-32)21-27-8-11-34(49)44-27/h3-6,9,12,14,16,18,26-27,40H,7-8,10-11,13,15,17,19-21H2,1-2H3,(H,43,48)(H,44,49)(H,45,50)/t26-,27-/m0/s1. The lowest BCUT2D eigenvalue weighted by Crippen LogP contribution is -2.41. The zero-order valence-electron chi connectivity index (χ0n) is 28.7. The Labute approximate surface area is 301 Å². The molecule has 13 heteroatoms. The van der Waals surface area contributed by atoms with E-state index >= 15 is 0 Å². The first-order valence-electron chi connectivity index (χ1n) is 17.4. The second-order valence-electron chi connectivity index (χ2n) is 13.4. The zero-order chi connectivity index (χ0) is 35.5. The van der Waals surface area contributed by atoms with E-state index in [2.05, 4.69) is 36.1 Å². The van der Waals surface area contributed by atoms with Crippen molar-refractivity contribution in [3.8, 4) is 28.4 Å². The Hall–Kier alpha value is -4.91. The second-order valence-corrected chi connectivity index (χ2v) is 13.8. The highest BCUT2D eigenvalue weighted by Gasteiger charge is 2.26. The molecule has 0 aliphatic carbocycles. The summed E-state index contributed by atoms with van der Waals surface area (Å²) >= 11 is 7.03. The fraction of sp³-hybridized carbons (Fsp3) is 0.368. The Morgan fingerprint density at radius 3 is 2.57 bits per heavy atom. The van der Waals surface area contributed by atoms with Crippen LogP contribution in [0.25, 0.3) is 22.5 Å². The summed E-state index contributed by atoms with van der Waals surface area (Å²) < 4.78 is 5.63. The lowest BCUT2D eigenvalue weighted by Gasteiger charge is -2.30. The first kappa shape index (κ1) is 34.5. The van der Waals surface area contributed by atoms with Crippen molar-refractivity contribution in [2.75, 3.05) is 32.1 Å². The van der Waals surface area contributed by atoms with Gasteiger partial charge in [0.05, 0.1) is 23.5 Å². The number of nitrogens with one attached hydrogen (secondary N) is 4. The summed E-state index contributed by atoms with van der Waals surface area (Å²) in [5, 5.41) is 12.9. The molecule has 264 valence electrons. The Bertz CT molecular complexity index is 1990. The Morgan fingerprint density at radius 2 is 1.80 bits per heavy atom. The maximum absolute atomic E-state index is 13.5. The molecule has 3 aromatic heterocycles. The average Bonchev–Trinajstić information content (AvgIpc) is 3.75. The molecule has 12 nitrogen and oxygen atoms in total. The quantitative estimate of drug-likeness (QED) is 0.177. The van der Waals surface area contributed by atoms with Crippen molar-refractivity contribution in [2.45, 2.75) is 64.2 Å². The molecule has 3 amide bonds. The fourth-order valence-electron chi connectivity index (χ4n) is 7.09. The lowest BCUT2D eigenvalue weighted by atomic mass is 9.99. The summed E-state index contributed by atoms with van der Waals surface area (Å²) in [5.74, 6) is 0.413. The smallest absolute Gasteiger partial charge is 0.274 e. The third-order valence-electron chi connectivity index (χ3n) is 9.90. The molecule has 0 spiro atoms. The van der Waals surface area contributed by atoms with Gasteiger partial charge in [0, 0.05) is 92.4 Å². The van der Waals surface area contributed by atoms with Crippen LogP contribution in [0.15, 0.2) is 54.9 Å². The van der Waals surface area contributed by atoms with Gasteiger partial charge >= 0.3 is 0 Å². The number of methoxy groups -OCH3 is 1. The van der Waals surface area contributed by atoms with E-state index in [4.69, 9.17) is 21.3 Å². The van der Waals surface area contributed by atoms with Crippen LogP contribution < -0.4 is 26.0 Å². The minimum absolute atomic E-state index is 0.0929. The Kier molecular flexibility index (Phi) is 10.3. The van der Waals surface area contributed by atoms with Crippen molar-refractivity contribution >= 4 is 35.0 Å². The van der Waals surface area contributed by atoms with E-state index in [-0.39, 0.29) is 29.8 Å². The molecule has 6 heterocycles. The number of hydrogen-bond donors (Lipinski definition) is 4. The number of benzene rings is 1. The van der Waals surface area contributed by atoms with Crippen molar-refractivity contribution in [3.63, 3.8) is 0 Å². The van der Waals surface area contributed by atoms with Crippen LogP contribution in [-0.2, 0) is 29.1 Å². The van der Waals surface area contributed by atoms with Gasteiger partial charge in [0.2, 0.25) is 17.7 Å². The van der Waals surface area contributed by atoms with Gasteiger partial charge in [-0.2, -0.15) is 0 Å². The number of carbonyl (C=O) groups excluding carboxylic acids is 3. The molecule has 3 aliphatic heterocycles. The van der Waals surface area contributed by atoms with E-state index in [0.717, 1.165) is 66.7 Å². The highest BCUT2D eigenvalue weighted by atomic mass is 35.5. The number of rotatable bonds is 11. The first-order valence-corrected chi connectivity index (χ1v) is 17.7. The van der Waals surface area contributed by atoms with E-state index < -0.39 is 0 Å². The number of pyridine rings is 3. The van der Waals surface area contributed by atoms with Gasteiger partial charge in [0.1, 0.15) is 5.69 Å². The highest BCUT2D eigenvalue weighted by Crippen LogP contribution is 2.38. The Morgan fingerprint density at radius 1 is 1.00 bits per heavy atom. The van der Waals surface area contributed by atoms with Crippen molar-refractivity contribution in [1.29, 1.82) is 0 Å². The molecular formula is C38H41ClN8O4. The van der Waals surface area contributed by atoms with E-state index in [0.29, 0.717) is 65.2 Å². The van der Waals surface area contributed by atoms with Gasteiger partial charge in [0.15, 0.2) is 0 Å². The molecule has 0 radical (unpaired) electrons. The number of fused-ring (bicyclic) bond motifs is 1. The summed E-state index contributed by atoms with van der Waals surface area (Å²) in [6.07, 6.45) is 7.17. The van der Waals surface area contributed by atoms with Crippen LogP contribution in [0.2, 0.25) is 5.02 Å². The van der Waals surface area contributed by atoms with Crippen molar-refractivity contribution in [1.82, 2.24) is 35.8 Å². The van der Waals surface area contributed by atoms with Crippen LogP contribution in [0, 0.1) is 6.92 Å². The van der Waals surface area contributed by atoms with Crippen molar-refractivity contribution < 1.29 is 19.1 Å². The number of anilines is 1. The monoisotopic (exact) mass is 708 g/mol. The van der Waals surface area contributed by atoms with E-state index in [1.54, 1.807) is 19.5 Å². The zero-order valence-corrected chi connectivity index (χ0v) is 29.5. The van der Waals surface area contributed by atoms with E-state index in [1.165, 1.54) is 0 Å². The van der Waals surface area contributed by atoms with Gasteiger partial charge in [-0.15, -0.1) is 0 Å². The number of ether oxygens (including phenoxy) is 1. The van der Waals surface area contributed by atoms with Gasteiger partial charge < -0.3 is 26.0 Å². The maximum Gasteiger partial charge on any atom is 0.274 e. The molecule has 2 saturated heterocycles. The van der Waals surface area contributed by atoms with Crippen LogP contribution in [0.4, 0.5) is 5.69 Å². The number of aromatic nitrogens is 3. The summed E-state index contributed by atoms with van der Waals surface area (Å²) in [4.78, 5) is 52.8. The molecular weight excluding hydrogens is 668 g/mol. The van der Waals surface area contributed by atoms with Crippen LogP contribution in [0.5, 0.6) is 5.88 Å². The predicted molar refractivity (Wildman–Crippen MR) is 194 cm³/mol. The molecule has 1 aromatic carbocycles. The number of amides is 3. The van der Waals surface area contributed by atoms with Gasteiger partial charge in [-0.1, -0.05) is 29.8 Å². The third kappa shape index (κ3) is 7.73. The average molecular weight is 709 g/mol. The van der Waals surface area contributed by atoms with Crippen LogP contribution >= 0.6 is 11.6 Å². The summed E-state index contributed by atoms with van der Waals surface area (Å²) in [7, 11) is 1.59. The third-order valence-corrected chi connectivity index (χ3v) is 10.3. The number of halogens is 1. The van der Waals surface area contributed by atoms with Crippen molar-refractivity contribution in [2.24, 2.45) is 0 Å².